The van der Waals surface area contributed by atoms with Crippen molar-refractivity contribution in [2.24, 2.45) is 5.92 Å². The zero-order valence-corrected chi connectivity index (χ0v) is 20.8. The Morgan fingerprint density at radius 1 is 1.24 bits per heavy atom. The molecule has 3 amide bonds. The van der Waals surface area contributed by atoms with Crippen molar-refractivity contribution in [2.75, 3.05) is 13.2 Å². The number of carbonyl (C=O) groups excluding carboxylic acids is 3. The molecule has 2 rings (SSSR count). The fourth-order valence-electron chi connectivity index (χ4n) is 3.94. The van der Waals surface area contributed by atoms with E-state index in [4.69, 9.17) is 4.74 Å². The molecule has 34 heavy (non-hydrogen) atoms. The molecule has 1 aromatic rings. The lowest BCUT2D eigenvalue weighted by atomic mass is 9.93. The molecule has 0 spiro atoms. The summed E-state index contributed by atoms with van der Waals surface area (Å²) in [5.41, 5.74) is 0.908. The highest BCUT2D eigenvalue weighted by Crippen LogP contribution is 2.19. The highest BCUT2D eigenvalue weighted by molar-refractivity contribution is 5.87. The second-order valence-corrected chi connectivity index (χ2v) is 9.26. The molecule has 1 aromatic carbocycles. The van der Waals surface area contributed by atoms with Gasteiger partial charge < -0.3 is 25.8 Å². The number of ether oxygens (including phenoxy) is 1. The molecule has 0 aromatic heterocycles. The third kappa shape index (κ3) is 9.71. The minimum atomic E-state index is -0.942. The van der Waals surface area contributed by atoms with Gasteiger partial charge in [-0.2, -0.15) is 0 Å². The van der Waals surface area contributed by atoms with Gasteiger partial charge in [-0.15, -0.1) is 0 Å². The van der Waals surface area contributed by atoms with Gasteiger partial charge in [0.25, 0.3) is 0 Å². The Bertz CT molecular complexity index is 800. The fraction of sp³-hybridized carbons (Fsp3) is 0.654. The van der Waals surface area contributed by atoms with Crippen LogP contribution in [0.25, 0.3) is 0 Å². The number of rotatable bonds is 7. The Labute approximate surface area is 203 Å². The first-order chi connectivity index (χ1) is 16.3. The highest BCUT2D eigenvalue weighted by Gasteiger charge is 2.28. The Hall–Kier alpha value is -2.61. The summed E-state index contributed by atoms with van der Waals surface area (Å²) in [5.74, 6) is -0.315. The van der Waals surface area contributed by atoms with Crippen LogP contribution >= 0.6 is 0 Å². The number of nitrogens with one attached hydrogen (secondary N) is 3. The predicted molar refractivity (Wildman–Crippen MR) is 131 cm³/mol. The van der Waals surface area contributed by atoms with Crippen LogP contribution in [0.5, 0.6) is 5.75 Å². The zero-order valence-electron chi connectivity index (χ0n) is 20.8. The number of benzene rings is 1. The van der Waals surface area contributed by atoms with Gasteiger partial charge in [0.15, 0.2) is 0 Å². The molecule has 0 aliphatic carbocycles. The molecular formula is C26H41N3O5. The average molecular weight is 476 g/mol. The van der Waals surface area contributed by atoms with Crippen molar-refractivity contribution in [1.82, 2.24) is 16.0 Å². The van der Waals surface area contributed by atoms with Gasteiger partial charge in [-0.1, -0.05) is 32.4 Å². The molecule has 2 bridgehead atoms. The Morgan fingerprint density at radius 2 is 2.03 bits per heavy atom. The summed E-state index contributed by atoms with van der Waals surface area (Å²) in [6.45, 7) is 6.65. The normalized spacial score (nSPS) is 22.0. The zero-order chi connectivity index (χ0) is 24.9. The van der Waals surface area contributed by atoms with Crippen LogP contribution in [0.2, 0.25) is 0 Å². The summed E-state index contributed by atoms with van der Waals surface area (Å²) in [6, 6.07) is 6.28. The summed E-state index contributed by atoms with van der Waals surface area (Å²) in [7, 11) is 0. The molecule has 1 aliphatic heterocycles. The van der Waals surface area contributed by atoms with Gasteiger partial charge in [0.2, 0.25) is 17.7 Å². The second-order valence-electron chi connectivity index (χ2n) is 9.26. The Balaban J connectivity index is 2.16. The van der Waals surface area contributed by atoms with E-state index in [2.05, 4.69) is 22.9 Å². The van der Waals surface area contributed by atoms with Gasteiger partial charge in [-0.3, -0.25) is 14.4 Å². The lowest BCUT2D eigenvalue weighted by molar-refractivity contribution is -0.129. The van der Waals surface area contributed by atoms with Crippen molar-refractivity contribution in [2.45, 2.75) is 90.3 Å². The van der Waals surface area contributed by atoms with Crippen LogP contribution in [-0.4, -0.2) is 54.2 Å². The van der Waals surface area contributed by atoms with Crippen molar-refractivity contribution < 1.29 is 24.2 Å². The van der Waals surface area contributed by atoms with Crippen molar-refractivity contribution in [3.8, 4) is 5.75 Å². The summed E-state index contributed by atoms with van der Waals surface area (Å²) < 4.78 is 5.85. The summed E-state index contributed by atoms with van der Waals surface area (Å²) >= 11 is 0. The van der Waals surface area contributed by atoms with Gasteiger partial charge in [0.05, 0.1) is 18.8 Å². The van der Waals surface area contributed by atoms with Crippen LogP contribution in [0.3, 0.4) is 0 Å². The molecule has 0 radical (unpaired) electrons. The van der Waals surface area contributed by atoms with E-state index >= 15 is 0 Å². The van der Waals surface area contributed by atoms with E-state index in [-0.39, 0.29) is 24.1 Å². The van der Waals surface area contributed by atoms with Crippen LogP contribution in [-0.2, 0) is 20.8 Å². The van der Waals surface area contributed by atoms with Crippen LogP contribution in [0.15, 0.2) is 24.3 Å². The number of hydrogen-bond acceptors (Lipinski definition) is 5. The van der Waals surface area contributed by atoms with Crippen molar-refractivity contribution in [3.63, 3.8) is 0 Å². The summed E-state index contributed by atoms with van der Waals surface area (Å²) in [5, 5.41) is 19.6. The number of fused-ring (bicyclic) bond motifs is 2. The van der Waals surface area contributed by atoms with Crippen LogP contribution in [0.1, 0.15) is 71.3 Å². The standard InChI is InChI=1S/C26H41N3O5/c1-4-5-13-27-25(32)18(2)15-23(30)22-17-20-10-9-11-21(16-20)34-14-8-6-7-12-24(31)28-19(3)26(33)29-22/h9-11,16,18-19,22-23,30H,4-8,12-15,17H2,1-3H3,(H,27,32)(H,28,31)(H,29,33)/t18-,19+,22+,23+/m1/s1. The molecule has 1 heterocycles. The average Bonchev–Trinajstić information content (AvgIpc) is 2.80. The number of amides is 3. The summed E-state index contributed by atoms with van der Waals surface area (Å²) in [4.78, 5) is 37.4. The molecule has 0 saturated carbocycles. The minimum Gasteiger partial charge on any atom is -0.494 e. The van der Waals surface area contributed by atoms with E-state index in [1.807, 2.05) is 24.3 Å². The number of hydrogen-bond donors (Lipinski definition) is 4. The third-order valence-corrected chi connectivity index (χ3v) is 6.11. The van der Waals surface area contributed by atoms with E-state index in [1.165, 1.54) is 0 Å². The SMILES string of the molecule is CCCCNC(=O)[C@H](C)C[C@H](O)[C@@H]1Cc2cccc(c2)OCCCCCC(=O)N[C@@H](C)C(=O)N1. The van der Waals surface area contributed by atoms with Gasteiger partial charge in [0.1, 0.15) is 11.8 Å². The first-order valence-corrected chi connectivity index (χ1v) is 12.6. The quantitative estimate of drug-likeness (QED) is 0.452. The Kier molecular flexibility index (Phi) is 11.9. The number of carbonyl (C=O) groups is 3. The molecule has 0 fully saturated rings. The predicted octanol–water partition coefficient (Wildman–Crippen LogP) is 2.47. The molecule has 4 atom stereocenters. The monoisotopic (exact) mass is 475 g/mol. The Morgan fingerprint density at radius 3 is 2.79 bits per heavy atom. The lowest BCUT2D eigenvalue weighted by Crippen LogP contribution is -2.52. The van der Waals surface area contributed by atoms with E-state index in [1.54, 1.807) is 13.8 Å². The van der Waals surface area contributed by atoms with Gasteiger partial charge in [-0.25, -0.2) is 0 Å². The van der Waals surface area contributed by atoms with E-state index in [0.29, 0.717) is 26.0 Å². The molecule has 190 valence electrons. The molecule has 4 N–H and O–H groups in total. The van der Waals surface area contributed by atoms with Gasteiger partial charge in [-0.05, 0) is 63.1 Å². The first-order valence-electron chi connectivity index (χ1n) is 12.6. The highest BCUT2D eigenvalue weighted by atomic mass is 16.5. The maximum absolute atomic E-state index is 12.8. The number of aliphatic hydroxyl groups excluding tert-OH is 1. The van der Waals surface area contributed by atoms with Gasteiger partial charge >= 0.3 is 0 Å². The van der Waals surface area contributed by atoms with Crippen LogP contribution in [0.4, 0.5) is 0 Å². The fourth-order valence-corrected chi connectivity index (χ4v) is 3.94. The van der Waals surface area contributed by atoms with E-state index in [0.717, 1.165) is 43.4 Å². The molecule has 0 saturated heterocycles. The maximum Gasteiger partial charge on any atom is 0.242 e. The first kappa shape index (κ1) is 27.6. The topological polar surface area (TPSA) is 117 Å². The van der Waals surface area contributed by atoms with Crippen LogP contribution in [0, 0.1) is 5.92 Å². The smallest absolute Gasteiger partial charge is 0.242 e. The molecule has 0 unspecified atom stereocenters. The van der Waals surface area contributed by atoms with Gasteiger partial charge in [0, 0.05) is 18.9 Å². The van der Waals surface area contributed by atoms with Crippen molar-refractivity contribution >= 4 is 17.7 Å². The van der Waals surface area contributed by atoms with Crippen LogP contribution < -0.4 is 20.7 Å². The van der Waals surface area contributed by atoms with Crippen molar-refractivity contribution in [1.29, 1.82) is 0 Å². The maximum atomic E-state index is 12.8. The number of aliphatic hydroxyl groups is 1. The second kappa shape index (κ2) is 14.6. The number of unbranched alkanes of at least 4 members (excludes halogenated alkanes) is 1. The molecule has 1 aliphatic rings. The molecular weight excluding hydrogens is 434 g/mol. The molecule has 8 nitrogen and oxygen atoms in total. The molecule has 8 heteroatoms. The van der Waals surface area contributed by atoms with E-state index < -0.39 is 24.1 Å². The lowest BCUT2D eigenvalue weighted by Gasteiger charge is -2.28. The largest absolute Gasteiger partial charge is 0.494 e. The van der Waals surface area contributed by atoms with Crippen molar-refractivity contribution in [3.05, 3.63) is 29.8 Å². The minimum absolute atomic E-state index is 0.108. The summed E-state index contributed by atoms with van der Waals surface area (Å²) in [6.07, 6.45) is 4.31. The third-order valence-electron chi connectivity index (χ3n) is 6.11. The van der Waals surface area contributed by atoms with E-state index in [9.17, 15) is 19.5 Å².